The van der Waals surface area contributed by atoms with Crippen molar-refractivity contribution < 1.29 is 13.2 Å². The first kappa shape index (κ1) is 12.0. The standard InChI is InChI=1S/C9H10ClNO3S/c1-7(12)11-9-4-2-8(3-5-9)6-15(10,13)14/h2-5H,6H2,1H3,(H,11,12). The highest BCUT2D eigenvalue weighted by Gasteiger charge is 2.06. The molecule has 0 aromatic heterocycles. The maximum atomic E-state index is 10.8. The largest absolute Gasteiger partial charge is 0.326 e. The number of carbonyl (C=O) groups excluding carboxylic acids is 1. The number of nitrogens with one attached hydrogen (secondary N) is 1. The molecular weight excluding hydrogens is 238 g/mol. The number of carbonyl (C=O) groups is 1. The number of rotatable bonds is 3. The fourth-order valence-electron chi connectivity index (χ4n) is 1.09. The maximum absolute atomic E-state index is 10.8. The van der Waals surface area contributed by atoms with Crippen molar-refractivity contribution in [3.63, 3.8) is 0 Å². The number of anilines is 1. The van der Waals surface area contributed by atoms with Crippen LogP contribution < -0.4 is 5.32 Å². The first-order chi connectivity index (χ1) is 6.87. The summed E-state index contributed by atoms with van der Waals surface area (Å²) in [5.74, 6) is -0.387. The molecule has 0 saturated heterocycles. The number of halogens is 1. The van der Waals surface area contributed by atoms with Crippen LogP contribution in [0.3, 0.4) is 0 Å². The van der Waals surface area contributed by atoms with Crippen LogP contribution in [-0.2, 0) is 19.6 Å². The highest BCUT2D eigenvalue weighted by molar-refractivity contribution is 8.13. The lowest BCUT2D eigenvalue weighted by molar-refractivity contribution is -0.114. The summed E-state index contributed by atoms with van der Waals surface area (Å²) in [6.07, 6.45) is 0. The van der Waals surface area contributed by atoms with E-state index in [2.05, 4.69) is 5.32 Å². The average molecular weight is 248 g/mol. The molecule has 0 unspecified atom stereocenters. The van der Waals surface area contributed by atoms with E-state index < -0.39 is 9.05 Å². The Hall–Kier alpha value is -1.07. The van der Waals surface area contributed by atoms with Crippen LogP contribution in [0.25, 0.3) is 0 Å². The molecule has 0 saturated carbocycles. The molecule has 1 aromatic rings. The summed E-state index contributed by atoms with van der Waals surface area (Å²) in [5, 5.41) is 2.57. The van der Waals surface area contributed by atoms with Crippen molar-refractivity contribution in [2.45, 2.75) is 12.7 Å². The topological polar surface area (TPSA) is 63.2 Å². The van der Waals surface area contributed by atoms with Crippen LogP contribution in [0.15, 0.2) is 24.3 Å². The van der Waals surface area contributed by atoms with Gasteiger partial charge in [0.1, 0.15) is 0 Å². The summed E-state index contributed by atoms with van der Waals surface area (Å²) in [4.78, 5) is 10.7. The van der Waals surface area contributed by atoms with Gasteiger partial charge in [-0.05, 0) is 17.7 Å². The molecule has 15 heavy (non-hydrogen) atoms. The second kappa shape index (κ2) is 4.63. The Bertz CT molecular complexity index is 453. The molecule has 0 aliphatic carbocycles. The van der Waals surface area contributed by atoms with E-state index in [1.807, 2.05) is 0 Å². The monoisotopic (exact) mass is 247 g/mol. The van der Waals surface area contributed by atoms with E-state index in [1.165, 1.54) is 6.92 Å². The molecular formula is C9H10ClNO3S. The van der Waals surface area contributed by atoms with E-state index in [4.69, 9.17) is 10.7 Å². The summed E-state index contributed by atoms with van der Waals surface area (Å²) in [7, 11) is 1.57. The van der Waals surface area contributed by atoms with Gasteiger partial charge in [0.2, 0.25) is 15.0 Å². The van der Waals surface area contributed by atoms with Crippen LogP contribution in [0.2, 0.25) is 0 Å². The van der Waals surface area contributed by atoms with Gasteiger partial charge in [-0.3, -0.25) is 4.79 Å². The highest BCUT2D eigenvalue weighted by Crippen LogP contribution is 2.13. The third-order valence-electron chi connectivity index (χ3n) is 1.61. The van der Waals surface area contributed by atoms with Gasteiger partial charge in [-0.25, -0.2) is 8.42 Å². The van der Waals surface area contributed by atoms with Crippen molar-refractivity contribution in [1.29, 1.82) is 0 Å². The number of benzene rings is 1. The van der Waals surface area contributed by atoms with E-state index in [9.17, 15) is 13.2 Å². The maximum Gasteiger partial charge on any atom is 0.236 e. The van der Waals surface area contributed by atoms with Crippen LogP contribution >= 0.6 is 10.7 Å². The van der Waals surface area contributed by atoms with Crippen molar-refractivity contribution in [2.24, 2.45) is 0 Å². The molecule has 6 heteroatoms. The summed E-state index contributed by atoms with van der Waals surface area (Å²) in [6.45, 7) is 1.40. The minimum absolute atomic E-state index is 0.173. The third kappa shape index (κ3) is 4.80. The average Bonchev–Trinajstić information content (AvgIpc) is 2.05. The number of amides is 1. The minimum Gasteiger partial charge on any atom is -0.326 e. The molecule has 0 spiro atoms. The molecule has 1 rings (SSSR count). The van der Waals surface area contributed by atoms with Gasteiger partial charge in [-0.15, -0.1) is 0 Å². The van der Waals surface area contributed by atoms with Gasteiger partial charge in [0.05, 0.1) is 5.75 Å². The van der Waals surface area contributed by atoms with E-state index >= 15 is 0 Å². The molecule has 0 heterocycles. The first-order valence-electron chi connectivity index (χ1n) is 4.16. The fourth-order valence-corrected chi connectivity index (χ4v) is 2.06. The minimum atomic E-state index is -3.53. The molecule has 4 nitrogen and oxygen atoms in total. The van der Waals surface area contributed by atoms with Gasteiger partial charge in [-0.1, -0.05) is 12.1 Å². The lowest BCUT2D eigenvalue weighted by Gasteiger charge is -2.02. The first-order valence-corrected chi connectivity index (χ1v) is 6.63. The molecule has 0 bridgehead atoms. The molecule has 0 fully saturated rings. The quantitative estimate of drug-likeness (QED) is 0.827. The van der Waals surface area contributed by atoms with Crippen LogP contribution in [-0.4, -0.2) is 14.3 Å². The molecule has 0 radical (unpaired) electrons. The predicted molar refractivity (Wildman–Crippen MR) is 59.2 cm³/mol. The Morgan fingerprint density at radius 1 is 1.33 bits per heavy atom. The summed E-state index contributed by atoms with van der Waals surface area (Å²) < 4.78 is 21.5. The molecule has 0 aliphatic rings. The number of hydrogen-bond acceptors (Lipinski definition) is 3. The van der Waals surface area contributed by atoms with Gasteiger partial charge in [0.15, 0.2) is 0 Å². The zero-order chi connectivity index (χ0) is 11.5. The molecule has 1 amide bonds. The summed E-state index contributed by atoms with van der Waals surface area (Å²) in [6, 6.07) is 6.45. The normalized spacial score (nSPS) is 11.1. The van der Waals surface area contributed by atoms with Crippen LogP contribution in [0.5, 0.6) is 0 Å². The van der Waals surface area contributed by atoms with E-state index in [0.29, 0.717) is 11.3 Å². The van der Waals surface area contributed by atoms with Gasteiger partial charge >= 0.3 is 0 Å². The second-order valence-electron chi connectivity index (χ2n) is 3.06. The van der Waals surface area contributed by atoms with Crippen molar-refractivity contribution in [3.8, 4) is 0 Å². The van der Waals surface area contributed by atoms with Gasteiger partial charge in [-0.2, -0.15) is 0 Å². The Balaban J connectivity index is 2.77. The van der Waals surface area contributed by atoms with E-state index in [0.717, 1.165) is 0 Å². The van der Waals surface area contributed by atoms with Crippen molar-refractivity contribution in [2.75, 3.05) is 5.32 Å². The van der Waals surface area contributed by atoms with E-state index in [1.54, 1.807) is 24.3 Å². The molecule has 82 valence electrons. The van der Waals surface area contributed by atoms with Gasteiger partial charge < -0.3 is 5.32 Å². The number of hydrogen-bond donors (Lipinski definition) is 1. The van der Waals surface area contributed by atoms with Gasteiger partial charge in [0.25, 0.3) is 0 Å². The van der Waals surface area contributed by atoms with Crippen LogP contribution in [0.4, 0.5) is 5.69 Å². The molecule has 0 aliphatic heterocycles. The Labute approximate surface area is 92.7 Å². The fraction of sp³-hybridized carbons (Fsp3) is 0.222. The van der Waals surface area contributed by atoms with Crippen molar-refractivity contribution in [3.05, 3.63) is 29.8 Å². The third-order valence-corrected chi connectivity index (χ3v) is 2.62. The second-order valence-corrected chi connectivity index (χ2v) is 5.84. The molecule has 1 N–H and O–H groups in total. The van der Waals surface area contributed by atoms with Gasteiger partial charge in [0, 0.05) is 23.3 Å². The SMILES string of the molecule is CC(=O)Nc1ccc(CS(=O)(=O)Cl)cc1. The Morgan fingerprint density at radius 2 is 1.87 bits per heavy atom. The molecule has 0 atom stereocenters. The lowest BCUT2D eigenvalue weighted by Crippen LogP contribution is -2.05. The van der Waals surface area contributed by atoms with Crippen LogP contribution in [0, 0.1) is 0 Å². The Morgan fingerprint density at radius 3 is 2.27 bits per heavy atom. The van der Waals surface area contributed by atoms with Crippen LogP contribution in [0.1, 0.15) is 12.5 Å². The van der Waals surface area contributed by atoms with E-state index in [-0.39, 0.29) is 11.7 Å². The summed E-state index contributed by atoms with van der Waals surface area (Å²) in [5.41, 5.74) is 1.21. The Kier molecular flexibility index (Phi) is 3.71. The predicted octanol–water partition coefficient (Wildman–Crippen LogP) is 1.71. The van der Waals surface area contributed by atoms with Crippen molar-refractivity contribution in [1.82, 2.24) is 0 Å². The molecule has 1 aromatic carbocycles. The lowest BCUT2D eigenvalue weighted by atomic mass is 10.2. The highest BCUT2D eigenvalue weighted by atomic mass is 35.7. The zero-order valence-corrected chi connectivity index (χ0v) is 9.60. The smallest absolute Gasteiger partial charge is 0.236 e. The van der Waals surface area contributed by atoms with Crippen molar-refractivity contribution >= 4 is 31.3 Å². The zero-order valence-electron chi connectivity index (χ0n) is 8.03. The summed E-state index contributed by atoms with van der Waals surface area (Å²) >= 11 is 0.